The summed E-state index contributed by atoms with van der Waals surface area (Å²) in [5.41, 5.74) is 1.23. The molecule has 1 N–H and O–H groups in total. The van der Waals surface area contributed by atoms with E-state index >= 15 is 0 Å². The summed E-state index contributed by atoms with van der Waals surface area (Å²) in [7, 11) is 0. The third-order valence-electron chi connectivity index (χ3n) is 4.11. The first kappa shape index (κ1) is 19.5. The maximum atomic E-state index is 12.1. The maximum absolute atomic E-state index is 12.1. The molecule has 0 saturated heterocycles. The van der Waals surface area contributed by atoms with Crippen molar-refractivity contribution >= 4 is 11.9 Å². The average molecular weight is 385 g/mol. The van der Waals surface area contributed by atoms with E-state index in [0.717, 1.165) is 18.4 Å². The molecule has 0 aromatic heterocycles. The highest BCUT2D eigenvalue weighted by Crippen LogP contribution is 2.32. The van der Waals surface area contributed by atoms with Crippen LogP contribution in [0.1, 0.15) is 35.7 Å². The molecule has 0 spiro atoms. The molecule has 7 nitrogen and oxygen atoms in total. The van der Waals surface area contributed by atoms with Gasteiger partial charge in [-0.15, -0.1) is 0 Å². The SMILES string of the molecule is CCCCOc1ccc(C(=O)NCC(=O)OCc2ccc3c(c2)OCO3)cc1. The summed E-state index contributed by atoms with van der Waals surface area (Å²) in [6.45, 7) is 2.82. The number of benzene rings is 2. The van der Waals surface area contributed by atoms with Crippen LogP contribution in [-0.4, -0.2) is 31.8 Å². The molecule has 0 radical (unpaired) electrons. The second-order valence-corrected chi connectivity index (χ2v) is 6.26. The first-order chi connectivity index (χ1) is 13.7. The van der Waals surface area contributed by atoms with Crippen LogP contribution in [0.5, 0.6) is 17.2 Å². The second kappa shape index (κ2) is 9.64. The number of hydrogen-bond acceptors (Lipinski definition) is 6. The van der Waals surface area contributed by atoms with Gasteiger partial charge in [-0.2, -0.15) is 0 Å². The topological polar surface area (TPSA) is 83.1 Å². The second-order valence-electron chi connectivity index (χ2n) is 6.26. The Morgan fingerprint density at radius 1 is 1.07 bits per heavy atom. The van der Waals surface area contributed by atoms with Crippen molar-refractivity contribution in [3.63, 3.8) is 0 Å². The minimum atomic E-state index is -0.523. The van der Waals surface area contributed by atoms with Crippen molar-refractivity contribution in [1.82, 2.24) is 5.32 Å². The molecule has 1 aliphatic heterocycles. The molecule has 148 valence electrons. The van der Waals surface area contributed by atoms with Gasteiger partial charge in [-0.25, -0.2) is 0 Å². The molecule has 0 saturated carbocycles. The highest BCUT2D eigenvalue weighted by atomic mass is 16.7. The smallest absolute Gasteiger partial charge is 0.325 e. The first-order valence-corrected chi connectivity index (χ1v) is 9.21. The minimum Gasteiger partial charge on any atom is -0.494 e. The number of nitrogens with one attached hydrogen (secondary N) is 1. The van der Waals surface area contributed by atoms with Gasteiger partial charge < -0.3 is 24.3 Å². The lowest BCUT2D eigenvalue weighted by molar-refractivity contribution is -0.143. The lowest BCUT2D eigenvalue weighted by Gasteiger charge is -2.08. The molecule has 28 heavy (non-hydrogen) atoms. The molecule has 2 aromatic rings. The normalized spacial score (nSPS) is 11.8. The van der Waals surface area contributed by atoms with E-state index in [1.807, 2.05) is 0 Å². The van der Waals surface area contributed by atoms with E-state index in [-0.39, 0.29) is 25.9 Å². The van der Waals surface area contributed by atoms with Gasteiger partial charge in [0.2, 0.25) is 6.79 Å². The minimum absolute atomic E-state index is 0.0924. The molecule has 1 aliphatic rings. The zero-order valence-corrected chi connectivity index (χ0v) is 15.7. The molecule has 7 heteroatoms. The molecule has 0 bridgehead atoms. The lowest BCUT2D eigenvalue weighted by Crippen LogP contribution is -2.30. The molecular formula is C21H23NO6. The Balaban J connectivity index is 1.40. The predicted molar refractivity (Wildman–Crippen MR) is 102 cm³/mol. The van der Waals surface area contributed by atoms with Crippen LogP contribution >= 0.6 is 0 Å². The van der Waals surface area contributed by atoms with E-state index in [0.29, 0.717) is 29.4 Å². The number of carbonyl (C=O) groups is 2. The van der Waals surface area contributed by atoms with Crippen molar-refractivity contribution in [2.75, 3.05) is 19.9 Å². The van der Waals surface area contributed by atoms with Gasteiger partial charge in [0.05, 0.1) is 6.61 Å². The zero-order chi connectivity index (χ0) is 19.8. The van der Waals surface area contributed by atoms with Gasteiger partial charge in [0.15, 0.2) is 11.5 Å². The first-order valence-electron chi connectivity index (χ1n) is 9.21. The quantitative estimate of drug-likeness (QED) is 0.528. The summed E-state index contributed by atoms with van der Waals surface area (Å²) in [6.07, 6.45) is 2.04. The molecular weight excluding hydrogens is 362 g/mol. The van der Waals surface area contributed by atoms with Gasteiger partial charge in [0.25, 0.3) is 5.91 Å². The fourth-order valence-electron chi connectivity index (χ4n) is 2.54. The van der Waals surface area contributed by atoms with Crippen LogP contribution in [0.25, 0.3) is 0 Å². The summed E-state index contributed by atoms with van der Waals surface area (Å²) >= 11 is 0. The predicted octanol–water partition coefficient (Wildman–Crippen LogP) is 3.07. The maximum Gasteiger partial charge on any atom is 0.325 e. The number of rotatable bonds is 9. The van der Waals surface area contributed by atoms with Gasteiger partial charge in [-0.3, -0.25) is 9.59 Å². The molecule has 2 aromatic carbocycles. The third-order valence-corrected chi connectivity index (χ3v) is 4.11. The summed E-state index contributed by atoms with van der Waals surface area (Å²) in [6, 6.07) is 12.1. The Morgan fingerprint density at radius 2 is 1.86 bits per heavy atom. The molecule has 0 aliphatic carbocycles. The lowest BCUT2D eigenvalue weighted by atomic mass is 10.2. The van der Waals surface area contributed by atoms with Crippen molar-refractivity contribution in [1.29, 1.82) is 0 Å². The standard InChI is InChI=1S/C21H23NO6/c1-2-3-10-25-17-7-5-16(6-8-17)21(24)22-12-20(23)26-13-15-4-9-18-19(11-15)28-14-27-18/h4-9,11H,2-3,10,12-14H2,1H3,(H,22,24). The van der Waals surface area contributed by atoms with Crippen LogP contribution in [0.2, 0.25) is 0 Å². The Hall–Kier alpha value is -3.22. The van der Waals surface area contributed by atoms with Crippen LogP contribution in [0.3, 0.4) is 0 Å². The van der Waals surface area contributed by atoms with Crippen LogP contribution < -0.4 is 19.5 Å². The van der Waals surface area contributed by atoms with E-state index in [1.165, 1.54) is 0 Å². The molecule has 1 heterocycles. The molecule has 0 unspecified atom stereocenters. The van der Waals surface area contributed by atoms with Crippen LogP contribution in [0, 0.1) is 0 Å². The Labute approximate surface area is 163 Å². The summed E-state index contributed by atoms with van der Waals surface area (Å²) in [4.78, 5) is 24.0. The Kier molecular flexibility index (Phi) is 6.73. The van der Waals surface area contributed by atoms with Crippen LogP contribution in [0.15, 0.2) is 42.5 Å². The number of unbranched alkanes of at least 4 members (excludes halogenated alkanes) is 1. The van der Waals surface area contributed by atoms with Crippen molar-refractivity contribution in [2.24, 2.45) is 0 Å². The molecule has 0 fully saturated rings. The average Bonchev–Trinajstić information content (AvgIpc) is 3.19. The van der Waals surface area contributed by atoms with E-state index < -0.39 is 5.97 Å². The Morgan fingerprint density at radius 3 is 2.64 bits per heavy atom. The number of esters is 1. The third kappa shape index (κ3) is 5.39. The zero-order valence-electron chi connectivity index (χ0n) is 15.7. The molecule has 0 atom stereocenters. The van der Waals surface area contributed by atoms with Crippen LogP contribution in [-0.2, 0) is 16.1 Å². The molecule has 3 rings (SSSR count). The highest BCUT2D eigenvalue weighted by molar-refractivity contribution is 5.96. The Bertz CT molecular complexity index is 818. The largest absolute Gasteiger partial charge is 0.494 e. The van der Waals surface area contributed by atoms with Crippen molar-refractivity contribution in [3.05, 3.63) is 53.6 Å². The number of amides is 1. The fourth-order valence-corrected chi connectivity index (χ4v) is 2.54. The van der Waals surface area contributed by atoms with Crippen molar-refractivity contribution < 1.29 is 28.5 Å². The fraction of sp³-hybridized carbons (Fsp3) is 0.333. The number of carbonyl (C=O) groups excluding carboxylic acids is 2. The van der Waals surface area contributed by atoms with Gasteiger partial charge in [0, 0.05) is 5.56 Å². The number of ether oxygens (including phenoxy) is 4. The van der Waals surface area contributed by atoms with Gasteiger partial charge in [0.1, 0.15) is 18.9 Å². The van der Waals surface area contributed by atoms with Gasteiger partial charge in [-0.05, 0) is 48.4 Å². The summed E-state index contributed by atoms with van der Waals surface area (Å²) in [5, 5.41) is 2.55. The van der Waals surface area contributed by atoms with Gasteiger partial charge >= 0.3 is 5.97 Å². The van der Waals surface area contributed by atoms with Gasteiger partial charge in [-0.1, -0.05) is 19.4 Å². The van der Waals surface area contributed by atoms with Crippen molar-refractivity contribution in [2.45, 2.75) is 26.4 Å². The van der Waals surface area contributed by atoms with E-state index in [2.05, 4.69) is 12.2 Å². The summed E-state index contributed by atoms with van der Waals surface area (Å²) < 4.78 is 21.2. The van der Waals surface area contributed by atoms with Crippen molar-refractivity contribution in [3.8, 4) is 17.2 Å². The van der Waals surface area contributed by atoms with E-state index in [1.54, 1.807) is 42.5 Å². The van der Waals surface area contributed by atoms with Crippen LogP contribution in [0.4, 0.5) is 0 Å². The molecule has 1 amide bonds. The number of fused-ring (bicyclic) bond motifs is 1. The highest BCUT2D eigenvalue weighted by Gasteiger charge is 2.14. The van der Waals surface area contributed by atoms with E-state index in [9.17, 15) is 9.59 Å². The monoisotopic (exact) mass is 385 g/mol. The van der Waals surface area contributed by atoms with E-state index in [4.69, 9.17) is 18.9 Å². The number of hydrogen-bond donors (Lipinski definition) is 1. The summed E-state index contributed by atoms with van der Waals surface area (Å²) in [5.74, 6) is 1.15.